The number of benzene rings is 1. The molecule has 1 aliphatic rings. The zero-order valence-corrected chi connectivity index (χ0v) is 15.7. The number of hydrogen-bond acceptors (Lipinski definition) is 5. The first-order chi connectivity index (χ1) is 13.7. The Hall–Kier alpha value is -3.72. The summed E-state index contributed by atoms with van der Waals surface area (Å²) in [5.41, 5.74) is 5.41. The third-order valence-corrected chi connectivity index (χ3v) is 5.24. The second-order valence-corrected chi connectivity index (χ2v) is 7.07. The van der Waals surface area contributed by atoms with Crippen LogP contribution in [0.2, 0.25) is 0 Å². The summed E-state index contributed by atoms with van der Waals surface area (Å²) in [6.45, 7) is 4.39. The van der Waals surface area contributed by atoms with E-state index in [1.54, 1.807) is 31.3 Å². The van der Waals surface area contributed by atoms with Gasteiger partial charge in [-0.05, 0) is 29.3 Å². The summed E-state index contributed by atoms with van der Waals surface area (Å²) in [5.74, 6) is -1.17. The number of pyridine rings is 1. The van der Waals surface area contributed by atoms with Gasteiger partial charge < -0.3 is 20.7 Å². The second-order valence-electron chi connectivity index (χ2n) is 7.07. The number of hydrogen-bond donors (Lipinski definition) is 3. The van der Waals surface area contributed by atoms with E-state index < -0.39 is 17.4 Å². The minimum Gasteiger partial charge on any atom is -0.375 e. The van der Waals surface area contributed by atoms with Crippen molar-refractivity contribution in [2.45, 2.75) is 12.0 Å². The molecule has 3 aromatic rings. The summed E-state index contributed by atoms with van der Waals surface area (Å²) in [7, 11) is 1.63. The van der Waals surface area contributed by atoms with Gasteiger partial charge in [-0.1, -0.05) is 18.7 Å². The van der Waals surface area contributed by atoms with Crippen molar-refractivity contribution in [3.05, 3.63) is 64.6 Å². The summed E-state index contributed by atoms with van der Waals surface area (Å²) < 4.78 is 1.47. The molecule has 3 heterocycles. The van der Waals surface area contributed by atoms with E-state index in [1.165, 1.54) is 21.7 Å². The molecule has 1 aromatic carbocycles. The Bertz CT molecular complexity index is 1240. The number of amides is 2. The van der Waals surface area contributed by atoms with Crippen LogP contribution in [0.15, 0.2) is 47.8 Å². The fourth-order valence-corrected chi connectivity index (χ4v) is 3.59. The van der Waals surface area contributed by atoms with Gasteiger partial charge in [-0.15, -0.1) is 0 Å². The van der Waals surface area contributed by atoms with Crippen LogP contribution >= 0.6 is 0 Å². The van der Waals surface area contributed by atoms with Gasteiger partial charge in [0, 0.05) is 26.1 Å². The number of nitrogens with two attached hydrogens (primary N) is 1. The predicted molar refractivity (Wildman–Crippen MR) is 106 cm³/mol. The lowest BCUT2D eigenvalue weighted by molar-refractivity contribution is -0.137. The Morgan fingerprint density at radius 2 is 2.07 bits per heavy atom. The molecule has 0 bridgehead atoms. The van der Waals surface area contributed by atoms with E-state index in [0.717, 1.165) is 0 Å². The number of nitrogens with one attached hydrogen (secondary N) is 1. The molecule has 0 spiro atoms. The van der Waals surface area contributed by atoms with Gasteiger partial charge in [-0.25, -0.2) is 4.68 Å². The lowest BCUT2D eigenvalue weighted by Crippen LogP contribution is -2.39. The highest BCUT2D eigenvalue weighted by Gasteiger charge is 2.46. The Kier molecular flexibility index (Phi) is 4.12. The molecule has 0 unspecified atom stereocenters. The van der Waals surface area contributed by atoms with E-state index >= 15 is 0 Å². The number of H-pyrrole nitrogens is 1. The number of aromatic amines is 1. The predicted octanol–water partition coefficient (Wildman–Crippen LogP) is 0.419. The van der Waals surface area contributed by atoms with Crippen molar-refractivity contribution in [2.75, 3.05) is 13.6 Å². The van der Waals surface area contributed by atoms with E-state index in [-0.39, 0.29) is 28.8 Å². The number of aliphatic hydroxyl groups is 1. The van der Waals surface area contributed by atoms with Crippen molar-refractivity contribution in [3.63, 3.8) is 0 Å². The summed E-state index contributed by atoms with van der Waals surface area (Å²) in [6, 6.07) is 9.77. The Labute approximate surface area is 165 Å². The topological polar surface area (TPSA) is 134 Å². The van der Waals surface area contributed by atoms with Crippen LogP contribution in [0, 0.1) is 0 Å². The molecule has 0 aliphatic carbocycles. The molecule has 9 nitrogen and oxygen atoms in total. The molecule has 1 aliphatic heterocycles. The normalized spacial score (nSPS) is 19.1. The van der Waals surface area contributed by atoms with Gasteiger partial charge in [0.05, 0.1) is 11.2 Å². The maximum Gasteiger partial charge on any atom is 0.271 e. The van der Waals surface area contributed by atoms with E-state index in [9.17, 15) is 19.5 Å². The first kappa shape index (κ1) is 18.6. The quantitative estimate of drug-likeness (QED) is 0.590. The molecular weight excluding hydrogens is 374 g/mol. The molecule has 29 heavy (non-hydrogen) atoms. The van der Waals surface area contributed by atoms with Gasteiger partial charge in [0.25, 0.3) is 11.8 Å². The van der Waals surface area contributed by atoms with E-state index in [2.05, 4.69) is 16.7 Å². The number of nitrogens with zero attached hydrogens (tertiary/aromatic N) is 3. The first-order valence-corrected chi connectivity index (χ1v) is 8.92. The molecular formula is C20H19N5O4. The van der Waals surface area contributed by atoms with E-state index in [0.29, 0.717) is 23.3 Å². The van der Waals surface area contributed by atoms with Crippen LogP contribution in [0.25, 0.3) is 22.3 Å². The number of rotatable bonds is 4. The number of carbonyl (C=O) groups excluding carboxylic acids is 2. The van der Waals surface area contributed by atoms with Gasteiger partial charge in [-0.3, -0.25) is 14.4 Å². The van der Waals surface area contributed by atoms with Crippen LogP contribution in [0.1, 0.15) is 22.5 Å². The zero-order chi connectivity index (χ0) is 20.9. The number of carbonyl (C=O) groups is 2. The van der Waals surface area contributed by atoms with Gasteiger partial charge in [0.2, 0.25) is 5.56 Å². The molecule has 2 amide bonds. The lowest BCUT2D eigenvalue weighted by Gasteiger charge is -2.24. The number of likely N-dealkylation sites (N-methyl/N-ethyl adjacent to an activating group) is 1. The Balaban J connectivity index is 1.83. The highest BCUT2D eigenvalue weighted by Crippen LogP contribution is 2.35. The fraction of sp³-hybridized carbons (Fsp3) is 0.200. The smallest absolute Gasteiger partial charge is 0.271 e. The number of aromatic nitrogens is 3. The average molecular weight is 393 g/mol. The number of fused-ring (bicyclic) bond motifs is 1. The molecule has 0 radical (unpaired) electrons. The Morgan fingerprint density at radius 3 is 2.72 bits per heavy atom. The average Bonchev–Trinajstić information content (AvgIpc) is 3.21. The molecule has 0 saturated carbocycles. The lowest BCUT2D eigenvalue weighted by atomic mass is 9.88. The maximum atomic E-state index is 12.4. The summed E-state index contributed by atoms with van der Waals surface area (Å²) >= 11 is 0. The minimum atomic E-state index is -1.66. The monoisotopic (exact) mass is 393 g/mol. The second kappa shape index (κ2) is 6.42. The summed E-state index contributed by atoms with van der Waals surface area (Å²) in [4.78, 5) is 39.9. The molecule has 4 N–H and O–H groups in total. The zero-order valence-electron chi connectivity index (χ0n) is 15.7. The Morgan fingerprint density at radius 1 is 1.31 bits per heavy atom. The third-order valence-electron chi connectivity index (χ3n) is 5.24. The summed E-state index contributed by atoms with van der Waals surface area (Å²) in [6.07, 6.45) is 0.253. The van der Waals surface area contributed by atoms with E-state index in [1.807, 2.05) is 0 Å². The van der Waals surface area contributed by atoms with Crippen LogP contribution in [-0.2, 0) is 4.79 Å². The molecule has 148 valence electrons. The minimum absolute atomic E-state index is 0.0619. The van der Waals surface area contributed by atoms with Crippen LogP contribution < -0.4 is 11.3 Å². The number of likely N-dealkylation sites (tertiary alicyclic amines) is 1. The first-order valence-electron chi connectivity index (χ1n) is 8.92. The van der Waals surface area contributed by atoms with Gasteiger partial charge >= 0.3 is 0 Å². The molecule has 1 saturated heterocycles. The molecule has 1 atom stereocenters. The van der Waals surface area contributed by atoms with Gasteiger partial charge in [0.15, 0.2) is 11.3 Å². The standard InChI is InChI=1S/C20H19N5O4/c1-11(20(29)8-9-24(2)19(20)28)12-4-3-5-13(10-12)25-14-6-7-15(26)22-16(14)17(23-25)18(21)27/h3-7,10,29H,1,8-9H2,2H3,(H2,21,27)(H,22,26)/t20-/m1/s1. The molecule has 2 aromatic heterocycles. The van der Waals surface area contributed by atoms with E-state index in [4.69, 9.17) is 5.73 Å². The molecule has 1 fully saturated rings. The summed E-state index contributed by atoms with van der Waals surface area (Å²) in [5, 5.41) is 15.1. The van der Waals surface area contributed by atoms with Crippen molar-refractivity contribution in [1.82, 2.24) is 19.7 Å². The third kappa shape index (κ3) is 2.83. The van der Waals surface area contributed by atoms with Crippen molar-refractivity contribution in [2.24, 2.45) is 5.73 Å². The largest absolute Gasteiger partial charge is 0.375 e. The number of primary amides is 1. The van der Waals surface area contributed by atoms with Gasteiger partial charge in [0.1, 0.15) is 5.52 Å². The van der Waals surface area contributed by atoms with Crippen molar-refractivity contribution in [3.8, 4) is 5.69 Å². The fourth-order valence-electron chi connectivity index (χ4n) is 3.59. The SMILES string of the molecule is C=C(c1cccc(-n2nc(C(N)=O)c3[nH]c(=O)ccc32)c1)[C@]1(O)CCN(C)C1=O. The van der Waals surface area contributed by atoms with Gasteiger partial charge in [-0.2, -0.15) is 5.10 Å². The maximum absolute atomic E-state index is 12.4. The van der Waals surface area contributed by atoms with Crippen molar-refractivity contribution >= 4 is 28.4 Å². The van der Waals surface area contributed by atoms with Crippen LogP contribution in [0.3, 0.4) is 0 Å². The highest BCUT2D eigenvalue weighted by atomic mass is 16.3. The molecule has 9 heteroatoms. The highest BCUT2D eigenvalue weighted by molar-refractivity contribution is 6.03. The van der Waals surface area contributed by atoms with Crippen LogP contribution in [-0.4, -0.2) is 55.8 Å². The molecule has 4 rings (SSSR count). The van der Waals surface area contributed by atoms with Crippen molar-refractivity contribution < 1.29 is 14.7 Å². The van der Waals surface area contributed by atoms with Crippen molar-refractivity contribution in [1.29, 1.82) is 0 Å². The van der Waals surface area contributed by atoms with Crippen LogP contribution in [0.5, 0.6) is 0 Å². The van der Waals surface area contributed by atoms with Crippen LogP contribution in [0.4, 0.5) is 0 Å².